The molecule has 0 radical (unpaired) electrons. The zero-order chi connectivity index (χ0) is 19.4. The van der Waals surface area contributed by atoms with Crippen LogP contribution in [0.2, 0.25) is 5.02 Å². The molecule has 1 saturated carbocycles. The minimum atomic E-state index is -4.55. The Kier molecular flexibility index (Phi) is 6.22. The van der Waals surface area contributed by atoms with Crippen molar-refractivity contribution in [3.05, 3.63) is 46.7 Å². The maximum Gasteiger partial charge on any atom is 0.433 e. The first-order valence-electron chi connectivity index (χ1n) is 8.99. The molecule has 8 heteroatoms. The molecule has 3 rings (SSSR count). The Morgan fingerprint density at radius 3 is 2.63 bits per heavy atom. The molecule has 0 bridgehead atoms. The van der Waals surface area contributed by atoms with Crippen molar-refractivity contribution >= 4 is 23.2 Å². The van der Waals surface area contributed by atoms with Gasteiger partial charge in [0.15, 0.2) is 5.69 Å². The van der Waals surface area contributed by atoms with Crippen LogP contribution in [-0.2, 0) is 12.7 Å². The third-order valence-corrected chi connectivity index (χ3v) is 5.07. The summed E-state index contributed by atoms with van der Waals surface area (Å²) < 4.78 is 40.7. The number of anilines is 2. The van der Waals surface area contributed by atoms with Crippen molar-refractivity contribution in [3.8, 4) is 0 Å². The molecule has 1 aromatic heterocycles. The monoisotopic (exact) mass is 398 g/mol. The summed E-state index contributed by atoms with van der Waals surface area (Å²) in [6.07, 6.45) is 2.21. The van der Waals surface area contributed by atoms with Crippen molar-refractivity contribution in [2.75, 3.05) is 12.4 Å². The summed E-state index contributed by atoms with van der Waals surface area (Å²) in [4.78, 5) is 9.82. The first kappa shape index (κ1) is 19.9. The Bertz CT molecular complexity index is 776. The van der Waals surface area contributed by atoms with Gasteiger partial charge in [0, 0.05) is 35.1 Å². The summed E-state index contributed by atoms with van der Waals surface area (Å²) >= 11 is 5.90. The Morgan fingerprint density at radius 2 is 1.96 bits per heavy atom. The normalized spacial score (nSPS) is 15.9. The Hall–Kier alpha value is -1.86. The van der Waals surface area contributed by atoms with Gasteiger partial charge in [-0.15, -0.1) is 0 Å². The van der Waals surface area contributed by atoms with E-state index in [4.69, 9.17) is 11.6 Å². The third-order valence-electron chi connectivity index (χ3n) is 4.83. The van der Waals surface area contributed by atoms with E-state index < -0.39 is 11.9 Å². The molecule has 0 aliphatic heterocycles. The summed E-state index contributed by atoms with van der Waals surface area (Å²) in [5, 5.41) is 3.25. The average Bonchev–Trinajstić information content (AvgIpc) is 2.63. The highest BCUT2D eigenvalue weighted by molar-refractivity contribution is 6.30. The van der Waals surface area contributed by atoms with E-state index in [9.17, 15) is 13.2 Å². The van der Waals surface area contributed by atoms with Crippen LogP contribution in [0.4, 0.5) is 24.8 Å². The van der Waals surface area contributed by atoms with Crippen LogP contribution in [-0.4, -0.2) is 28.0 Å². The van der Waals surface area contributed by atoms with Crippen molar-refractivity contribution in [2.24, 2.45) is 0 Å². The van der Waals surface area contributed by atoms with Gasteiger partial charge in [-0.25, -0.2) is 9.97 Å². The van der Waals surface area contributed by atoms with Gasteiger partial charge in [0.05, 0.1) is 0 Å². The number of rotatable bonds is 5. The van der Waals surface area contributed by atoms with E-state index in [1.165, 1.54) is 12.6 Å². The molecule has 4 nitrogen and oxygen atoms in total. The van der Waals surface area contributed by atoms with Gasteiger partial charge in [-0.05, 0) is 38.1 Å². The van der Waals surface area contributed by atoms with Crippen molar-refractivity contribution in [1.29, 1.82) is 0 Å². The lowest BCUT2D eigenvalue weighted by molar-refractivity contribution is -0.142. The minimum Gasteiger partial charge on any atom is -0.324 e. The van der Waals surface area contributed by atoms with Crippen LogP contribution in [0.25, 0.3) is 0 Å². The number of aromatic nitrogens is 2. The van der Waals surface area contributed by atoms with Crippen LogP contribution in [0.15, 0.2) is 30.5 Å². The molecule has 27 heavy (non-hydrogen) atoms. The topological polar surface area (TPSA) is 41.1 Å². The summed E-state index contributed by atoms with van der Waals surface area (Å²) in [5.74, 6) is -0.103. The minimum absolute atomic E-state index is 0.0900. The molecule has 1 aliphatic rings. The lowest BCUT2D eigenvalue weighted by Crippen LogP contribution is -2.33. The van der Waals surface area contributed by atoms with Gasteiger partial charge >= 0.3 is 6.18 Å². The van der Waals surface area contributed by atoms with E-state index in [0.717, 1.165) is 25.7 Å². The second-order valence-electron chi connectivity index (χ2n) is 6.91. The third kappa shape index (κ3) is 5.32. The molecule has 1 aromatic carbocycles. The number of hydrogen-bond donors (Lipinski definition) is 1. The number of halogens is 4. The summed E-state index contributed by atoms with van der Waals surface area (Å²) in [6.45, 7) is 0.178. The smallest absolute Gasteiger partial charge is 0.324 e. The molecule has 1 fully saturated rings. The molecule has 0 unspecified atom stereocenters. The second-order valence-corrected chi connectivity index (χ2v) is 7.34. The van der Waals surface area contributed by atoms with Crippen molar-refractivity contribution < 1.29 is 13.2 Å². The van der Waals surface area contributed by atoms with Gasteiger partial charge in [0.2, 0.25) is 5.95 Å². The molecule has 1 heterocycles. The van der Waals surface area contributed by atoms with Gasteiger partial charge in [-0.2, -0.15) is 13.2 Å². The highest BCUT2D eigenvalue weighted by Gasteiger charge is 2.36. The van der Waals surface area contributed by atoms with E-state index in [1.807, 2.05) is 11.9 Å². The van der Waals surface area contributed by atoms with Crippen LogP contribution in [0.3, 0.4) is 0 Å². The fourth-order valence-electron chi connectivity index (χ4n) is 3.44. The van der Waals surface area contributed by atoms with Gasteiger partial charge in [-0.1, -0.05) is 36.9 Å². The molecule has 0 saturated heterocycles. The predicted molar refractivity (Wildman–Crippen MR) is 100 cm³/mol. The van der Waals surface area contributed by atoms with Gasteiger partial charge < -0.3 is 5.32 Å². The van der Waals surface area contributed by atoms with Crippen molar-refractivity contribution in [1.82, 2.24) is 14.9 Å². The fourth-order valence-corrected chi connectivity index (χ4v) is 3.63. The van der Waals surface area contributed by atoms with Crippen LogP contribution >= 0.6 is 11.6 Å². The highest BCUT2D eigenvalue weighted by Crippen LogP contribution is 2.33. The number of hydrogen-bond acceptors (Lipinski definition) is 4. The number of alkyl halides is 3. The molecular formula is C19H22ClF3N4. The maximum atomic E-state index is 13.6. The first-order valence-corrected chi connectivity index (χ1v) is 9.36. The lowest BCUT2D eigenvalue weighted by Gasteiger charge is -2.31. The molecule has 0 amide bonds. The standard InChI is InChI=1S/C19H22ClF3N4/c1-27(16-8-3-2-4-9-16)12-13-11-24-18(26-17(13)19(21,22)23)25-15-7-5-6-14(20)10-15/h5-7,10-11,16H,2-4,8-9,12H2,1H3,(H,24,25,26). The molecule has 0 atom stereocenters. The van der Waals surface area contributed by atoms with E-state index in [2.05, 4.69) is 15.3 Å². The molecule has 0 spiro atoms. The van der Waals surface area contributed by atoms with Crippen LogP contribution in [0.1, 0.15) is 43.4 Å². The van der Waals surface area contributed by atoms with Gasteiger partial charge in [0.1, 0.15) is 0 Å². The van der Waals surface area contributed by atoms with Crippen LogP contribution < -0.4 is 5.32 Å². The zero-order valence-electron chi connectivity index (χ0n) is 15.1. The van der Waals surface area contributed by atoms with E-state index in [0.29, 0.717) is 16.8 Å². The zero-order valence-corrected chi connectivity index (χ0v) is 15.8. The first-order chi connectivity index (χ1) is 12.8. The summed E-state index contributed by atoms with van der Waals surface area (Å²) in [7, 11) is 1.87. The van der Waals surface area contributed by atoms with E-state index in [-0.39, 0.29) is 18.1 Å². The maximum absolute atomic E-state index is 13.6. The number of nitrogens with one attached hydrogen (secondary N) is 1. The highest BCUT2D eigenvalue weighted by atomic mass is 35.5. The average molecular weight is 399 g/mol. The Morgan fingerprint density at radius 1 is 1.22 bits per heavy atom. The second kappa shape index (κ2) is 8.44. The van der Waals surface area contributed by atoms with E-state index >= 15 is 0 Å². The quantitative estimate of drug-likeness (QED) is 0.705. The molecule has 2 aromatic rings. The fraction of sp³-hybridized carbons (Fsp3) is 0.474. The summed E-state index contributed by atoms with van der Waals surface area (Å²) in [5.41, 5.74) is -0.278. The largest absolute Gasteiger partial charge is 0.433 e. The SMILES string of the molecule is CN(Cc1cnc(Nc2cccc(Cl)c2)nc1C(F)(F)F)C1CCCCC1. The van der Waals surface area contributed by atoms with Gasteiger partial charge in [-0.3, -0.25) is 4.90 Å². The van der Waals surface area contributed by atoms with Crippen LogP contribution in [0, 0.1) is 0 Å². The Labute approximate surface area is 161 Å². The van der Waals surface area contributed by atoms with E-state index in [1.54, 1.807) is 24.3 Å². The van der Waals surface area contributed by atoms with Crippen molar-refractivity contribution in [3.63, 3.8) is 0 Å². The molecule has 1 aliphatic carbocycles. The lowest BCUT2D eigenvalue weighted by atomic mass is 9.94. The number of benzene rings is 1. The number of nitrogens with zero attached hydrogens (tertiary/aromatic N) is 3. The molecule has 1 N–H and O–H groups in total. The van der Waals surface area contributed by atoms with Gasteiger partial charge in [0.25, 0.3) is 0 Å². The summed E-state index contributed by atoms with van der Waals surface area (Å²) in [6, 6.07) is 6.97. The molecule has 146 valence electrons. The Balaban J connectivity index is 1.81. The molecular weight excluding hydrogens is 377 g/mol. The van der Waals surface area contributed by atoms with Crippen LogP contribution in [0.5, 0.6) is 0 Å². The predicted octanol–water partition coefficient (Wildman–Crippen LogP) is 5.66. The van der Waals surface area contributed by atoms with Crippen molar-refractivity contribution in [2.45, 2.75) is 50.9 Å².